The lowest BCUT2D eigenvalue weighted by Crippen LogP contribution is -2.35. The zero-order valence-electron chi connectivity index (χ0n) is 29.9. The molecule has 11 nitrogen and oxygen atoms in total. The van der Waals surface area contributed by atoms with Crippen LogP contribution in [-0.4, -0.2) is 55.4 Å². The zero-order chi connectivity index (χ0) is 40.7. The van der Waals surface area contributed by atoms with E-state index in [-0.39, 0.29) is 41.2 Å². The quantitative estimate of drug-likeness (QED) is 0.123. The summed E-state index contributed by atoms with van der Waals surface area (Å²) in [6.07, 6.45) is -4.66. The number of hydrogen-bond acceptors (Lipinski definition) is 7. The molecule has 0 radical (unpaired) electrons. The molecule has 0 aliphatic heterocycles. The van der Waals surface area contributed by atoms with E-state index in [1.165, 1.54) is 19.9 Å². The van der Waals surface area contributed by atoms with Crippen molar-refractivity contribution >= 4 is 27.3 Å². The number of nitrogens with zero attached hydrogens (tertiary/aromatic N) is 5. The molecule has 0 spiro atoms. The number of amides is 1. The van der Waals surface area contributed by atoms with E-state index >= 15 is 8.78 Å². The van der Waals surface area contributed by atoms with Crippen LogP contribution in [0.15, 0.2) is 48.5 Å². The van der Waals surface area contributed by atoms with Crippen molar-refractivity contribution in [2.75, 3.05) is 11.0 Å². The van der Waals surface area contributed by atoms with E-state index in [9.17, 15) is 40.3 Å². The minimum Gasteiger partial charge on any atom is -0.378 e. The maximum atomic E-state index is 15.4. The first-order valence-corrected chi connectivity index (χ1v) is 18.9. The van der Waals surface area contributed by atoms with Gasteiger partial charge in [0.25, 0.3) is 5.92 Å². The predicted molar refractivity (Wildman–Crippen MR) is 188 cm³/mol. The van der Waals surface area contributed by atoms with E-state index in [4.69, 9.17) is 0 Å². The maximum absolute atomic E-state index is 15.4. The van der Waals surface area contributed by atoms with Crippen LogP contribution in [0.25, 0.3) is 16.8 Å². The lowest BCUT2D eigenvalue weighted by molar-refractivity contribution is -0.142. The molecule has 3 atom stereocenters. The number of sulfonamides is 1. The lowest BCUT2D eigenvalue weighted by atomic mass is 9.96. The number of rotatable bonds is 9. The molecule has 1 fully saturated rings. The van der Waals surface area contributed by atoms with Gasteiger partial charge in [0.2, 0.25) is 15.9 Å². The number of alkyl halides is 5. The summed E-state index contributed by atoms with van der Waals surface area (Å²) >= 11 is 0. The molecule has 7 rings (SSSR count). The second-order valence-corrected chi connectivity index (χ2v) is 16.1. The van der Waals surface area contributed by atoms with E-state index in [2.05, 4.69) is 36.9 Å². The van der Waals surface area contributed by atoms with Gasteiger partial charge < -0.3 is 10.4 Å². The molecule has 2 aliphatic carbocycles. The van der Waals surface area contributed by atoms with Crippen LogP contribution < -0.4 is 10.0 Å². The van der Waals surface area contributed by atoms with Crippen molar-refractivity contribution < 1.29 is 49.1 Å². The summed E-state index contributed by atoms with van der Waals surface area (Å²) in [6.45, 7) is 3.35. The van der Waals surface area contributed by atoms with Gasteiger partial charge in [0.15, 0.2) is 11.5 Å². The van der Waals surface area contributed by atoms with Crippen LogP contribution in [0.5, 0.6) is 0 Å². The predicted octanol–water partition coefficient (Wildman–Crippen LogP) is 6.00. The van der Waals surface area contributed by atoms with Crippen LogP contribution in [0.1, 0.15) is 72.0 Å². The van der Waals surface area contributed by atoms with Crippen molar-refractivity contribution in [3.63, 3.8) is 0 Å². The Morgan fingerprint density at radius 3 is 2.43 bits per heavy atom. The number of aliphatic hydroxyl groups is 1. The molecular formula is C37H32F7N7O4S. The molecule has 1 saturated carbocycles. The topological polar surface area (TPSA) is 144 Å². The van der Waals surface area contributed by atoms with Gasteiger partial charge in [-0.05, 0) is 87.4 Å². The summed E-state index contributed by atoms with van der Waals surface area (Å²) in [4.78, 5) is 22.9. The summed E-state index contributed by atoms with van der Waals surface area (Å²) in [7, 11) is -3.78. The lowest BCUT2D eigenvalue weighted by Gasteiger charge is -2.23. The molecule has 3 N–H and O–H groups in total. The van der Waals surface area contributed by atoms with Gasteiger partial charge in [-0.2, -0.15) is 27.1 Å². The molecule has 56 heavy (non-hydrogen) atoms. The normalized spacial score (nSPS) is 17.9. The summed E-state index contributed by atoms with van der Waals surface area (Å²) < 4.78 is 130. The average Bonchev–Trinajstić information content (AvgIpc) is 3.61. The van der Waals surface area contributed by atoms with Gasteiger partial charge in [-0.15, -0.1) is 0 Å². The minimum atomic E-state index is -5.07. The first kappa shape index (κ1) is 38.8. The average molecular weight is 804 g/mol. The third-order valence-corrected chi connectivity index (χ3v) is 9.89. The number of pyridine rings is 2. The second kappa shape index (κ2) is 13.3. The standard InChI is InChI=1S/C37H32F7N7O4S/c1-18-45-34(49-56(4,54)55)28-7-5-6-27(51(18)28)23-9-8-22(10-11-35(2,3)53)46-31(23)26(14-19-12-20(38)15-21(39)13-19)47-29(52)17-50-33-30(32(48-50)37(42,43)44)24-16-25(24)36(33,40)41/h5-9,12-13,15,24-26,49,53H,14,16-17H2,1-4H3,(H,47,52). The van der Waals surface area contributed by atoms with Gasteiger partial charge in [0, 0.05) is 23.1 Å². The van der Waals surface area contributed by atoms with E-state index in [1.807, 2.05) is 0 Å². The van der Waals surface area contributed by atoms with Gasteiger partial charge in [0.1, 0.15) is 41.0 Å². The fraction of sp³-hybridized carbons (Fsp3) is 0.351. The largest absolute Gasteiger partial charge is 0.435 e. The van der Waals surface area contributed by atoms with Crippen LogP contribution in [0.2, 0.25) is 0 Å². The SMILES string of the molecule is Cc1nc(NS(C)(=O)=O)c2cccc(-c3ccc(C#CC(C)(C)O)nc3C(Cc3cc(F)cc(F)c3)NC(=O)Cn3nc(C(F)(F)F)c4c3C(F)(F)C3CC43)n12. The number of halogens is 7. The molecule has 0 saturated heterocycles. The molecule has 4 aromatic heterocycles. The molecule has 0 bridgehead atoms. The van der Waals surface area contributed by atoms with Gasteiger partial charge in [-0.25, -0.2) is 27.2 Å². The third-order valence-electron chi connectivity index (χ3n) is 9.33. The van der Waals surface area contributed by atoms with Crippen LogP contribution in [0.4, 0.5) is 36.6 Å². The highest BCUT2D eigenvalue weighted by Crippen LogP contribution is 2.68. The molecule has 3 unspecified atom stereocenters. The van der Waals surface area contributed by atoms with Crippen molar-refractivity contribution in [2.45, 2.75) is 69.8 Å². The van der Waals surface area contributed by atoms with Crippen molar-refractivity contribution in [3.05, 3.63) is 99.9 Å². The summed E-state index contributed by atoms with van der Waals surface area (Å²) in [5.74, 6) is -3.42. The minimum absolute atomic E-state index is 0.00274. The molecule has 1 amide bonds. The van der Waals surface area contributed by atoms with Crippen LogP contribution in [0.3, 0.4) is 0 Å². The number of hydrogen-bond donors (Lipinski definition) is 3. The molecule has 5 aromatic rings. The van der Waals surface area contributed by atoms with Gasteiger partial charge in [-0.3, -0.25) is 18.6 Å². The van der Waals surface area contributed by atoms with Crippen molar-refractivity contribution in [1.29, 1.82) is 0 Å². The molecular weight excluding hydrogens is 772 g/mol. The Bertz CT molecular complexity index is 2580. The van der Waals surface area contributed by atoms with Crippen molar-refractivity contribution in [3.8, 4) is 23.1 Å². The number of aryl methyl sites for hydroxylation is 1. The number of imidazole rings is 1. The summed E-state index contributed by atoms with van der Waals surface area (Å²) in [5.41, 5.74) is -3.63. The first-order chi connectivity index (χ1) is 26.0. The monoisotopic (exact) mass is 803 g/mol. The second-order valence-electron chi connectivity index (χ2n) is 14.4. The highest BCUT2D eigenvalue weighted by molar-refractivity contribution is 7.92. The molecule has 1 aromatic carbocycles. The zero-order valence-corrected chi connectivity index (χ0v) is 30.8. The summed E-state index contributed by atoms with van der Waals surface area (Å²) in [6, 6.07) is 9.06. The van der Waals surface area contributed by atoms with Gasteiger partial charge in [-0.1, -0.05) is 12.0 Å². The van der Waals surface area contributed by atoms with Gasteiger partial charge in [0.05, 0.1) is 29.2 Å². The Balaban J connectivity index is 1.38. The smallest absolute Gasteiger partial charge is 0.378 e. The van der Waals surface area contributed by atoms with E-state index in [0.717, 1.165) is 18.4 Å². The Morgan fingerprint density at radius 1 is 1.09 bits per heavy atom. The number of carbonyl (C=O) groups is 1. The number of aromatic nitrogens is 5. The molecule has 4 heterocycles. The van der Waals surface area contributed by atoms with Crippen LogP contribution >= 0.6 is 0 Å². The molecule has 19 heteroatoms. The Kier molecular flexibility index (Phi) is 9.23. The Labute approximate surface area is 315 Å². The number of fused-ring (bicyclic) bond motifs is 4. The van der Waals surface area contributed by atoms with Crippen LogP contribution in [-0.2, 0) is 39.9 Å². The van der Waals surface area contributed by atoms with E-state index in [0.29, 0.717) is 27.8 Å². The Hall–Kier alpha value is -5.48. The van der Waals surface area contributed by atoms with Crippen LogP contribution in [0, 0.1) is 36.3 Å². The fourth-order valence-electron chi connectivity index (χ4n) is 7.17. The Morgan fingerprint density at radius 2 is 1.79 bits per heavy atom. The van der Waals surface area contributed by atoms with E-state index in [1.54, 1.807) is 35.6 Å². The van der Waals surface area contributed by atoms with Crippen molar-refractivity contribution in [1.82, 2.24) is 29.5 Å². The molecule has 2 aliphatic rings. The highest BCUT2D eigenvalue weighted by atomic mass is 32.2. The first-order valence-electron chi connectivity index (χ1n) is 17.0. The number of benzene rings is 1. The van der Waals surface area contributed by atoms with Gasteiger partial charge >= 0.3 is 6.18 Å². The summed E-state index contributed by atoms with van der Waals surface area (Å²) in [5, 5.41) is 16.3. The maximum Gasteiger partial charge on any atom is 0.435 e. The number of anilines is 1. The third kappa shape index (κ3) is 7.54. The van der Waals surface area contributed by atoms with E-state index < -0.39 is 86.6 Å². The van der Waals surface area contributed by atoms with Crippen molar-refractivity contribution in [2.24, 2.45) is 5.92 Å². The number of carbonyl (C=O) groups excluding carboxylic acids is 1. The fourth-order valence-corrected chi connectivity index (χ4v) is 7.67. The highest BCUT2D eigenvalue weighted by Gasteiger charge is 2.68. The molecule has 294 valence electrons. The number of nitrogens with one attached hydrogen (secondary N) is 2.